The highest BCUT2D eigenvalue weighted by molar-refractivity contribution is 7.85. The summed E-state index contributed by atoms with van der Waals surface area (Å²) in [6.45, 7) is 12.6. The summed E-state index contributed by atoms with van der Waals surface area (Å²) in [5, 5.41) is 0. The number of carbonyl (C=O) groups is 1. The maximum absolute atomic E-state index is 12.6. The van der Waals surface area contributed by atoms with Crippen LogP contribution >= 0.6 is 0 Å². The molecule has 2 rings (SSSR count). The van der Waals surface area contributed by atoms with Crippen molar-refractivity contribution < 1.29 is 17.4 Å². The third-order valence-electron chi connectivity index (χ3n) is 4.78. The van der Waals surface area contributed by atoms with Gasteiger partial charge in [-0.1, -0.05) is 71.9 Å². The van der Waals surface area contributed by atoms with Crippen molar-refractivity contribution in [1.82, 2.24) is 4.72 Å². The van der Waals surface area contributed by atoms with Crippen molar-refractivity contribution in [3.63, 3.8) is 0 Å². The van der Waals surface area contributed by atoms with E-state index < -0.39 is 16.2 Å². The van der Waals surface area contributed by atoms with Crippen molar-refractivity contribution in [2.75, 3.05) is 0 Å². The van der Waals surface area contributed by atoms with E-state index in [-0.39, 0.29) is 24.0 Å². The lowest BCUT2D eigenvalue weighted by atomic mass is 9.83. The number of rotatable bonds is 8. The summed E-state index contributed by atoms with van der Waals surface area (Å²) < 4.78 is 31.4. The molecule has 0 saturated heterocycles. The smallest absolute Gasteiger partial charge is 0.367 e. The van der Waals surface area contributed by atoms with Gasteiger partial charge in [0.25, 0.3) is 0 Å². The SMILES string of the molecule is CC(C)c1cc(C(C)C)c(CC(=O)NS(=O)(=O)Oc2ccccc2)c(C(C)C)c1. The van der Waals surface area contributed by atoms with Gasteiger partial charge in [0.1, 0.15) is 5.75 Å². The molecule has 0 atom stereocenters. The van der Waals surface area contributed by atoms with E-state index in [0.29, 0.717) is 5.92 Å². The molecule has 29 heavy (non-hydrogen) atoms. The third kappa shape index (κ3) is 6.32. The number of hydrogen-bond acceptors (Lipinski definition) is 4. The standard InChI is InChI=1S/C23H31NO4S/c1-15(2)18-12-20(16(3)4)22(21(13-18)17(5)6)14-23(25)24-29(26,27)28-19-10-8-7-9-11-19/h7-13,15-17H,14H2,1-6H3,(H,24,25). The third-order valence-corrected chi connectivity index (χ3v) is 5.67. The molecule has 0 bridgehead atoms. The van der Waals surface area contributed by atoms with E-state index in [0.717, 1.165) is 16.7 Å². The summed E-state index contributed by atoms with van der Waals surface area (Å²) in [7, 11) is -4.24. The van der Waals surface area contributed by atoms with Gasteiger partial charge in [-0.15, -0.1) is 0 Å². The van der Waals surface area contributed by atoms with Crippen molar-refractivity contribution in [3.05, 3.63) is 64.7 Å². The molecule has 0 fully saturated rings. The first-order chi connectivity index (χ1) is 13.5. The lowest BCUT2D eigenvalue weighted by Gasteiger charge is -2.22. The molecular formula is C23H31NO4S. The minimum Gasteiger partial charge on any atom is -0.367 e. The predicted molar refractivity (Wildman–Crippen MR) is 117 cm³/mol. The molecule has 2 aromatic rings. The Balaban J connectivity index is 2.31. The highest BCUT2D eigenvalue weighted by atomic mass is 32.2. The van der Waals surface area contributed by atoms with Crippen molar-refractivity contribution in [1.29, 1.82) is 0 Å². The van der Waals surface area contributed by atoms with E-state index in [1.807, 2.05) is 4.72 Å². The minimum atomic E-state index is -4.24. The maximum atomic E-state index is 12.6. The monoisotopic (exact) mass is 417 g/mol. The fourth-order valence-electron chi connectivity index (χ4n) is 3.27. The molecule has 0 unspecified atom stereocenters. The van der Waals surface area contributed by atoms with Crippen LogP contribution in [-0.2, 0) is 21.5 Å². The molecular weight excluding hydrogens is 386 g/mol. The van der Waals surface area contributed by atoms with Gasteiger partial charge in [0.2, 0.25) is 5.91 Å². The zero-order chi connectivity index (χ0) is 21.8. The van der Waals surface area contributed by atoms with E-state index >= 15 is 0 Å². The fourth-order valence-corrected chi connectivity index (χ4v) is 4.03. The van der Waals surface area contributed by atoms with E-state index in [2.05, 4.69) is 53.7 Å². The van der Waals surface area contributed by atoms with E-state index in [9.17, 15) is 13.2 Å². The molecule has 158 valence electrons. The average molecular weight is 418 g/mol. The number of amides is 1. The predicted octanol–water partition coefficient (Wildman–Crippen LogP) is 5.04. The number of para-hydroxylation sites is 1. The van der Waals surface area contributed by atoms with E-state index in [4.69, 9.17) is 4.18 Å². The highest BCUT2D eigenvalue weighted by Gasteiger charge is 2.22. The lowest BCUT2D eigenvalue weighted by molar-refractivity contribution is -0.118. The van der Waals surface area contributed by atoms with Crippen LogP contribution in [0.4, 0.5) is 0 Å². The van der Waals surface area contributed by atoms with E-state index in [1.54, 1.807) is 18.2 Å². The van der Waals surface area contributed by atoms with Crippen LogP contribution in [0.15, 0.2) is 42.5 Å². The summed E-state index contributed by atoms with van der Waals surface area (Å²) in [5.41, 5.74) is 4.28. The van der Waals surface area contributed by atoms with Crippen LogP contribution < -0.4 is 8.91 Å². The number of carbonyl (C=O) groups excluding carboxylic acids is 1. The minimum absolute atomic E-state index is 0.0171. The number of nitrogens with one attached hydrogen (secondary N) is 1. The molecule has 0 aromatic heterocycles. The molecule has 5 nitrogen and oxygen atoms in total. The molecule has 0 aliphatic carbocycles. The molecule has 1 N–H and O–H groups in total. The van der Waals surface area contributed by atoms with Gasteiger partial charge in [0.05, 0.1) is 6.42 Å². The van der Waals surface area contributed by atoms with Gasteiger partial charge in [-0.05, 0) is 52.1 Å². The molecule has 6 heteroatoms. The van der Waals surface area contributed by atoms with Crippen molar-refractivity contribution >= 4 is 16.2 Å². The Labute approximate surface area is 174 Å². The molecule has 0 saturated carbocycles. The van der Waals surface area contributed by atoms with Crippen LogP contribution in [0, 0.1) is 0 Å². The summed E-state index contributed by atoms with van der Waals surface area (Å²) >= 11 is 0. The largest absolute Gasteiger partial charge is 0.409 e. The van der Waals surface area contributed by atoms with Crippen LogP contribution in [0.3, 0.4) is 0 Å². The van der Waals surface area contributed by atoms with Gasteiger partial charge in [0.15, 0.2) is 0 Å². The highest BCUT2D eigenvalue weighted by Crippen LogP contribution is 2.32. The Morgan fingerprint density at radius 2 is 1.41 bits per heavy atom. The molecule has 0 radical (unpaired) electrons. The Morgan fingerprint density at radius 1 is 0.897 bits per heavy atom. The van der Waals surface area contributed by atoms with Crippen molar-refractivity contribution in [2.24, 2.45) is 0 Å². The van der Waals surface area contributed by atoms with Crippen molar-refractivity contribution in [3.8, 4) is 5.75 Å². The zero-order valence-corrected chi connectivity index (χ0v) is 18.8. The number of hydrogen-bond donors (Lipinski definition) is 1. The van der Waals surface area contributed by atoms with Crippen LogP contribution in [0.2, 0.25) is 0 Å². The molecule has 0 spiro atoms. The summed E-state index contributed by atoms with van der Waals surface area (Å²) in [6, 6.07) is 12.4. The summed E-state index contributed by atoms with van der Waals surface area (Å²) in [5.74, 6) is 0.340. The fraction of sp³-hybridized carbons (Fsp3) is 0.435. The molecule has 0 aliphatic heterocycles. The van der Waals surface area contributed by atoms with Crippen LogP contribution in [0.5, 0.6) is 5.75 Å². The first kappa shape index (κ1) is 22.9. The van der Waals surface area contributed by atoms with Gasteiger partial charge in [-0.3, -0.25) is 4.79 Å². The normalized spacial score (nSPS) is 11.9. The van der Waals surface area contributed by atoms with Crippen LogP contribution in [0.25, 0.3) is 0 Å². The first-order valence-electron chi connectivity index (χ1n) is 9.96. The Bertz CT molecular complexity index is 919. The Kier molecular flexibility index (Phi) is 7.47. The second kappa shape index (κ2) is 9.44. The topological polar surface area (TPSA) is 72.5 Å². The Hall–Kier alpha value is -2.34. The quantitative estimate of drug-likeness (QED) is 0.653. The van der Waals surface area contributed by atoms with Gasteiger partial charge in [-0.25, -0.2) is 4.72 Å². The first-order valence-corrected chi connectivity index (χ1v) is 11.4. The summed E-state index contributed by atoms with van der Waals surface area (Å²) in [4.78, 5) is 12.6. The van der Waals surface area contributed by atoms with Gasteiger partial charge < -0.3 is 4.18 Å². The molecule has 2 aromatic carbocycles. The average Bonchev–Trinajstić information content (AvgIpc) is 2.60. The van der Waals surface area contributed by atoms with Crippen LogP contribution in [0.1, 0.15) is 81.5 Å². The van der Waals surface area contributed by atoms with Crippen LogP contribution in [-0.4, -0.2) is 14.3 Å². The Morgan fingerprint density at radius 3 is 1.86 bits per heavy atom. The molecule has 0 aliphatic rings. The summed E-state index contributed by atoms with van der Waals surface area (Å²) in [6.07, 6.45) is -0.0171. The molecule has 0 heterocycles. The van der Waals surface area contributed by atoms with Gasteiger partial charge in [-0.2, -0.15) is 8.42 Å². The van der Waals surface area contributed by atoms with Crippen molar-refractivity contribution in [2.45, 2.75) is 65.7 Å². The number of benzene rings is 2. The van der Waals surface area contributed by atoms with E-state index in [1.165, 1.54) is 17.7 Å². The maximum Gasteiger partial charge on any atom is 0.409 e. The second-order valence-electron chi connectivity index (χ2n) is 8.19. The lowest BCUT2D eigenvalue weighted by Crippen LogP contribution is -2.35. The van der Waals surface area contributed by atoms with Gasteiger partial charge >= 0.3 is 10.3 Å². The zero-order valence-electron chi connectivity index (χ0n) is 18.0. The van der Waals surface area contributed by atoms with Gasteiger partial charge in [0, 0.05) is 0 Å². The molecule has 1 amide bonds. The second-order valence-corrected chi connectivity index (χ2v) is 9.47.